The minimum Gasteiger partial charge on any atom is -0.350 e. The Bertz CT molecular complexity index is 844. The van der Waals surface area contributed by atoms with Gasteiger partial charge in [-0.05, 0) is 69.2 Å². The van der Waals surface area contributed by atoms with Crippen LogP contribution in [-0.2, 0) is 6.42 Å². The maximum Gasteiger partial charge on any atom is 0.271 e. The molecular weight excluding hydrogens is 336 g/mol. The molecule has 1 N–H and O–H groups in total. The molecule has 5 nitrogen and oxygen atoms in total. The summed E-state index contributed by atoms with van der Waals surface area (Å²) in [6, 6.07) is 12.4. The largest absolute Gasteiger partial charge is 0.350 e. The quantitative estimate of drug-likeness (QED) is 0.811. The van der Waals surface area contributed by atoms with Crippen molar-refractivity contribution in [3.8, 4) is 0 Å². The van der Waals surface area contributed by atoms with E-state index in [1.807, 2.05) is 12.1 Å². The van der Waals surface area contributed by atoms with Gasteiger partial charge < -0.3 is 10.2 Å². The van der Waals surface area contributed by atoms with Gasteiger partial charge in [-0.15, -0.1) is 10.2 Å². The summed E-state index contributed by atoms with van der Waals surface area (Å²) in [5.41, 5.74) is 4.34. The van der Waals surface area contributed by atoms with Gasteiger partial charge in [-0.2, -0.15) is 0 Å². The Kier molecular flexibility index (Phi) is 5.19. The monoisotopic (exact) mass is 362 g/mol. The number of fused-ring (bicyclic) bond motifs is 1. The van der Waals surface area contributed by atoms with Crippen LogP contribution in [0.2, 0.25) is 0 Å². The Morgan fingerprint density at radius 1 is 1.19 bits per heavy atom. The molecule has 5 heteroatoms. The summed E-state index contributed by atoms with van der Waals surface area (Å²) in [6.45, 7) is 2.84. The molecule has 2 aliphatic rings. The van der Waals surface area contributed by atoms with E-state index >= 15 is 0 Å². The van der Waals surface area contributed by atoms with Crippen LogP contribution < -0.4 is 10.2 Å². The molecule has 27 heavy (non-hydrogen) atoms. The minimum atomic E-state index is -0.152. The molecule has 0 bridgehead atoms. The van der Waals surface area contributed by atoms with Gasteiger partial charge >= 0.3 is 0 Å². The fraction of sp³-hybridized carbons (Fsp3) is 0.409. The van der Waals surface area contributed by atoms with Crippen molar-refractivity contribution in [1.82, 2.24) is 15.5 Å². The van der Waals surface area contributed by atoms with Crippen LogP contribution in [0.5, 0.6) is 0 Å². The van der Waals surface area contributed by atoms with Gasteiger partial charge in [-0.1, -0.05) is 29.8 Å². The molecule has 1 unspecified atom stereocenters. The van der Waals surface area contributed by atoms with Gasteiger partial charge in [-0.25, -0.2) is 0 Å². The first-order valence-corrected chi connectivity index (χ1v) is 9.89. The van der Waals surface area contributed by atoms with Gasteiger partial charge in [0.1, 0.15) is 0 Å². The van der Waals surface area contributed by atoms with Crippen molar-refractivity contribution in [2.45, 2.75) is 51.5 Å². The first kappa shape index (κ1) is 17.7. The minimum absolute atomic E-state index is 0.152. The number of carbonyl (C=O) groups is 1. The molecule has 0 radical (unpaired) electrons. The lowest BCUT2D eigenvalue weighted by Crippen LogP contribution is -2.28. The van der Waals surface area contributed by atoms with E-state index in [-0.39, 0.29) is 5.91 Å². The van der Waals surface area contributed by atoms with Crippen LogP contribution in [0.4, 0.5) is 11.5 Å². The van der Waals surface area contributed by atoms with E-state index in [0.29, 0.717) is 18.3 Å². The number of rotatable bonds is 5. The smallest absolute Gasteiger partial charge is 0.271 e. The lowest BCUT2D eigenvalue weighted by molar-refractivity contribution is 0.0948. The SMILES string of the molecule is CC1Cc2ccccc2N1c1ccc(C(=O)NCCC2=CCCCC2)nn1. The van der Waals surface area contributed by atoms with E-state index in [0.717, 1.165) is 18.7 Å². The van der Waals surface area contributed by atoms with E-state index in [1.165, 1.54) is 42.5 Å². The Hall–Kier alpha value is -2.69. The molecule has 0 saturated heterocycles. The van der Waals surface area contributed by atoms with Gasteiger partial charge in [0.2, 0.25) is 0 Å². The molecule has 1 aromatic carbocycles. The van der Waals surface area contributed by atoms with Crippen molar-refractivity contribution in [1.29, 1.82) is 0 Å². The molecule has 1 aliphatic carbocycles. The molecule has 0 saturated carbocycles. The number of aromatic nitrogens is 2. The molecule has 1 atom stereocenters. The summed E-state index contributed by atoms with van der Waals surface area (Å²) >= 11 is 0. The third kappa shape index (κ3) is 3.87. The Morgan fingerprint density at radius 2 is 2.07 bits per heavy atom. The number of anilines is 2. The van der Waals surface area contributed by atoms with E-state index < -0.39 is 0 Å². The average molecular weight is 362 g/mol. The van der Waals surface area contributed by atoms with Gasteiger partial charge in [0, 0.05) is 18.3 Å². The highest BCUT2D eigenvalue weighted by atomic mass is 16.1. The molecule has 0 fully saturated rings. The molecule has 4 rings (SSSR count). The molecule has 2 heterocycles. The van der Waals surface area contributed by atoms with Gasteiger partial charge in [0.25, 0.3) is 5.91 Å². The highest BCUT2D eigenvalue weighted by Crippen LogP contribution is 2.36. The number of allylic oxidation sites excluding steroid dienone is 1. The van der Waals surface area contributed by atoms with Crippen LogP contribution in [0.1, 0.15) is 55.1 Å². The lowest BCUT2D eigenvalue weighted by atomic mass is 9.97. The summed E-state index contributed by atoms with van der Waals surface area (Å²) in [5.74, 6) is 0.636. The number of hydrogen-bond acceptors (Lipinski definition) is 4. The topological polar surface area (TPSA) is 58.1 Å². The van der Waals surface area contributed by atoms with Gasteiger partial charge in [0.05, 0.1) is 0 Å². The predicted octanol–water partition coefficient (Wildman–Crippen LogP) is 4.18. The molecular formula is C22H26N4O. The lowest BCUT2D eigenvalue weighted by Gasteiger charge is -2.23. The third-order valence-electron chi connectivity index (χ3n) is 5.45. The van der Waals surface area contributed by atoms with Crippen molar-refractivity contribution in [3.05, 3.63) is 59.3 Å². The van der Waals surface area contributed by atoms with Crippen LogP contribution in [0.3, 0.4) is 0 Å². The van der Waals surface area contributed by atoms with Crippen LogP contribution in [0.25, 0.3) is 0 Å². The zero-order chi connectivity index (χ0) is 18.6. The maximum absolute atomic E-state index is 12.3. The van der Waals surface area contributed by atoms with Crippen molar-refractivity contribution >= 4 is 17.4 Å². The summed E-state index contributed by atoms with van der Waals surface area (Å²) in [5, 5.41) is 11.5. The number of benzene rings is 1. The molecule has 1 aromatic heterocycles. The highest BCUT2D eigenvalue weighted by molar-refractivity contribution is 5.92. The second kappa shape index (κ2) is 7.91. The molecule has 2 aromatic rings. The van der Waals surface area contributed by atoms with Crippen molar-refractivity contribution in [2.75, 3.05) is 11.4 Å². The van der Waals surface area contributed by atoms with Crippen LogP contribution in [0.15, 0.2) is 48.0 Å². The Labute approximate surface area is 160 Å². The second-order valence-corrected chi connectivity index (χ2v) is 7.44. The first-order valence-electron chi connectivity index (χ1n) is 9.89. The van der Waals surface area contributed by atoms with Gasteiger partial charge in [-0.3, -0.25) is 4.79 Å². The fourth-order valence-electron chi connectivity index (χ4n) is 4.05. The van der Waals surface area contributed by atoms with E-state index in [2.05, 4.69) is 51.6 Å². The first-order chi connectivity index (χ1) is 13.2. The molecule has 1 amide bonds. The summed E-state index contributed by atoms with van der Waals surface area (Å²) < 4.78 is 0. The number of carbonyl (C=O) groups excluding carboxylic acids is 1. The van der Waals surface area contributed by atoms with E-state index in [4.69, 9.17) is 0 Å². The Balaban J connectivity index is 1.39. The maximum atomic E-state index is 12.3. The number of nitrogens with one attached hydrogen (secondary N) is 1. The highest BCUT2D eigenvalue weighted by Gasteiger charge is 2.28. The fourth-order valence-corrected chi connectivity index (χ4v) is 4.05. The summed E-state index contributed by atoms with van der Waals surface area (Å²) in [4.78, 5) is 14.5. The number of hydrogen-bond donors (Lipinski definition) is 1. The van der Waals surface area contributed by atoms with E-state index in [9.17, 15) is 4.79 Å². The second-order valence-electron chi connectivity index (χ2n) is 7.44. The summed E-state index contributed by atoms with van der Waals surface area (Å²) in [7, 11) is 0. The average Bonchev–Trinajstić information content (AvgIpc) is 3.04. The summed E-state index contributed by atoms with van der Waals surface area (Å²) in [6.07, 6.45) is 9.14. The van der Waals surface area contributed by atoms with Crippen LogP contribution >= 0.6 is 0 Å². The van der Waals surface area contributed by atoms with Crippen LogP contribution in [0, 0.1) is 0 Å². The van der Waals surface area contributed by atoms with Gasteiger partial charge in [0.15, 0.2) is 11.5 Å². The zero-order valence-corrected chi connectivity index (χ0v) is 15.8. The predicted molar refractivity (Wildman–Crippen MR) is 107 cm³/mol. The number of amides is 1. The zero-order valence-electron chi connectivity index (χ0n) is 15.8. The van der Waals surface area contributed by atoms with Crippen LogP contribution in [-0.4, -0.2) is 28.7 Å². The van der Waals surface area contributed by atoms with Crippen molar-refractivity contribution in [2.24, 2.45) is 0 Å². The number of para-hydroxylation sites is 1. The molecule has 1 aliphatic heterocycles. The molecule has 140 valence electrons. The normalized spacial score (nSPS) is 18.8. The number of nitrogens with zero attached hydrogens (tertiary/aromatic N) is 3. The molecule has 0 spiro atoms. The standard InChI is InChI=1S/C22H26N4O/c1-16-15-18-9-5-6-10-20(18)26(16)21-12-11-19(24-25-21)22(27)23-14-13-17-7-3-2-4-8-17/h5-7,9-12,16H,2-4,8,13-15H2,1H3,(H,23,27). The Morgan fingerprint density at radius 3 is 2.85 bits per heavy atom. The van der Waals surface area contributed by atoms with E-state index in [1.54, 1.807) is 6.07 Å². The third-order valence-corrected chi connectivity index (χ3v) is 5.45. The van der Waals surface area contributed by atoms with Crippen molar-refractivity contribution < 1.29 is 4.79 Å². The van der Waals surface area contributed by atoms with Crippen molar-refractivity contribution in [3.63, 3.8) is 0 Å².